The summed E-state index contributed by atoms with van der Waals surface area (Å²) >= 11 is 0. The zero-order chi connectivity index (χ0) is 22.1. The van der Waals surface area contributed by atoms with Crippen LogP contribution in [0.2, 0.25) is 0 Å². The molecule has 1 heterocycles. The van der Waals surface area contributed by atoms with Crippen LogP contribution >= 0.6 is 0 Å². The molecular weight excluding hydrogens is 440 g/mol. The zero-order valence-electron chi connectivity index (χ0n) is 16.8. The number of aryl methyl sites for hydroxylation is 2. The number of ether oxygens (including phenoxy) is 1. The van der Waals surface area contributed by atoms with E-state index < -0.39 is 25.9 Å². The lowest BCUT2D eigenvalue weighted by Crippen LogP contribution is -2.35. The largest absolute Gasteiger partial charge is 0.484 e. The summed E-state index contributed by atoms with van der Waals surface area (Å²) in [6.45, 7) is -0.156. The van der Waals surface area contributed by atoms with Crippen molar-refractivity contribution in [2.45, 2.75) is 36.6 Å². The van der Waals surface area contributed by atoms with Crippen molar-refractivity contribution < 1.29 is 26.4 Å². The molecule has 1 atom stereocenters. The summed E-state index contributed by atoms with van der Waals surface area (Å²) in [7, 11) is -7.03. The number of sulfone groups is 1. The van der Waals surface area contributed by atoms with Crippen LogP contribution in [0.3, 0.4) is 0 Å². The number of anilines is 1. The maximum Gasteiger partial charge on any atom is 0.262 e. The second kappa shape index (κ2) is 8.60. The Kier molecular flexibility index (Phi) is 6.05. The third-order valence-corrected chi connectivity index (χ3v) is 8.75. The number of hydrogen-bond donors (Lipinski definition) is 2. The predicted octanol–water partition coefficient (Wildman–Crippen LogP) is 1.66. The topological polar surface area (TPSA) is 119 Å². The molecule has 1 aliphatic heterocycles. The summed E-state index contributed by atoms with van der Waals surface area (Å²) in [5, 5.41) is 2.67. The zero-order valence-corrected chi connectivity index (χ0v) is 18.5. The van der Waals surface area contributed by atoms with Gasteiger partial charge in [-0.25, -0.2) is 21.6 Å². The number of hydrogen-bond acceptors (Lipinski definition) is 6. The third kappa shape index (κ3) is 5.44. The maximum absolute atomic E-state index is 12.5. The molecule has 8 nitrogen and oxygen atoms in total. The van der Waals surface area contributed by atoms with Gasteiger partial charge in [0.15, 0.2) is 16.4 Å². The first-order valence-corrected chi connectivity index (χ1v) is 13.4. The molecule has 0 bridgehead atoms. The van der Waals surface area contributed by atoms with Crippen LogP contribution in [0.25, 0.3) is 0 Å². The van der Waals surface area contributed by atoms with Gasteiger partial charge in [-0.15, -0.1) is 0 Å². The Morgan fingerprint density at radius 2 is 1.81 bits per heavy atom. The summed E-state index contributed by atoms with van der Waals surface area (Å²) in [4.78, 5) is 12.2. The smallest absolute Gasteiger partial charge is 0.262 e. The number of rotatable bonds is 7. The van der Waals surface area contributed by atoms with E-state index in [0.717, 1.165) is 19.3 Å². The van der Waals surface area contributed by atoms with Crippen molar-refractivity contribution >= 4 is 31.5 Å². The minimum absolute atomic E-state index is 0.00388. The molecular formula is C21H24N2O6S2. The molecule has 0 spiro atoms. The highest BCUT2D eigenvalue weighted by Gasteiger charge is 2.31. The fourth-order valence-electron chi connectivity index (χ4n) is 3.88. The number of fused-ring (bicyclic) bond motifs is 1. The molecule has 10 heteroatoms. The van der Waals surface area contributed by atoms with E-state index in [9.17, 15) is 21.6 Å². The van der Waals surface area contributed by atoms with Crippen molar-refractivity contribution in [1.82, 2.24) is 4.72 Å². The van der Waals surface area contributed by atoms with E-state index in [4.69, 9.17) is 4.74 Å². The number of benzene rings is 2. The van der Waals surface area contributed by atoms with Crippen LogP contribution < -0.4 is 14.8 Å². The van der Waals surface area contributed by atoms with Crippen LogP contribution in [0.5, 0.6) is 5.75 Å². The maximum atomic E-state index is 12.5. The average Bonchev–Trinajstić information content (AvgIpc) is 3.31. The fourth-order valence-corrected chi connectivity index (χ4v) is 6.93. The second-order valence-electron chi connectivity index (χ2n) is 7.87. The van der Waals surface area contributed by atoms with Gasteiger partial charge >= 0.3 is 0 Å². The highest BCUT2D eigenvalue weighted by atomic mass is 32.2. The summed E-state index contributed by atoms with van der Waals surface area (Å²) in [6, 6.07) is 10.9. The van der Waals surface area contributed by atoms with Crippen LogP contribution in [-0.2, 0) is 37.5 Å². The first-order valence-electron chi connectivity index (χ1n) is 10.1. The van der Waals surface area contributed by atoms with Crippen molar-refractivity contribution in [3.8, 4) is 5.75 Å². The molecule has 2 aliphatic rings. The van der Waals surface area contributed by atoms with Gasteiger partial charge in [-0.05, 0) is 73.2 Å². The second-order valence-corrected chi connectivity index (χ2v) is 11.8. The molecule has 2 aromatic carbocycles. The standard InChI is InChI=1S/C21H24N2O6S2/c24-21(13-29-19-7-4-15-2-1-3-16(15)12-19)22-17-5-8-20(9-6-17)31(27,28)23-18-10-11-30(25,26)14-18/h4-9,12,18,23H,1-3,10-11,13-14H2,(H,22,24)/t18-/m1/s1. The molecule has 4 rings (SSSR count). The van der Waals surface area contributed by atoms with Gasteiger partial charge in [-0.1, -0.05) is 6.07 Å². The Balaban J connectivity index is 1.31. The van der Waals surface area contributed by atoms with Gasteiger partial charge in [-0.3, -0.25) is 4.79 Å². The molecule has 1 aliphatic carbocycles. The quantitative estimate of drug-likeness (QED) is 0.643. The van der Waals surface area contributed by atoms with Gasteiger partial charge in [-0.2, -0.15) is 0 Å². The van der Waals surface area contributed by atoms with Gasteiger partial charge in [0.1, 0.15) is 5.75 Å². The van der Waals surface area contributed by atoms with Crippen LogP contribution in [0, 0.1) is 0 Å². The Labute approximate surface area is 182 Å². The number of carbonyl (C=O) groups excluding carboxylic acids is 1. The minimum Gasteiger partial charge on any atom is -0.484 e. The molecule has 0 saturated carbocycles. The van der Waals surface area contributed by atoms with Gasteiger partial charge < -0.3 is 10.1 Å². The van der Waals surface area contributed by atoms with E-state index >= 15 is 0 Å². The van der Waals surface area contributed by atoms with Gasteiger partial charge in [0.25, 0.3) is 5.91 Å². The number of nitrogens with one attached hydrogen (secondary N) is 2. The molecule has 1 fully saturated rings. The van der Waals surface area contributed by atoms with Crippen molar-refractivity contribution in [2.75, 3.05) is 23.4 Å². The van der Waals surface area contributed by atoms with E-state index in [-0.39, 0.29) is 35.3 Å². The van der Waals surface area contributed by atoms with Crippen molar-refractivity contribution in [3.63, 3.8) is 0 Å². The van der Waals surface area contributed by atoms with Gasteiger partial charge in [0.05, 0.1) is 16.4 Å². The fraction of sp³-hybridized carbons (Fsp3) is 0.381. The Morgan fingerprint density at radius 1 is 1.06 bits per heavy atom. The lowest BCUT2D eigenvalue weighted by molar-refractivity contribution is -0.118. The van der Waals surface area contributed by atoms with E-state index in [2.05, 4.69) is 10.0 Å². The molecule has 31 heavy (non-hydrogen) atoms. The van der Waals surface area contributed by atoms with Gasteiger partial charge in [0, 0.05) is 11.7 Å². The number of carbonyl (C=O) groups is 1. The minimum atomic E-state index is -3.84. The lowest BCUT2D eigenvalue weighted by atomic mass is 10.1. The molecule has 0 radical (unpaired) electrons. The highest BCUT2D eigenvalue weighted by molar-refractivity contribution is 7.92. The predicted molar refractivity (Wildman–Crippen MR) is 116 cm³/mol. The van der Waals surface area contributed by atoms with Crippen LogP contribution in [0.4, 0.5) is 5.69 Å². The summed E-state index contributed by atoms with van der Waals surface area (Å²) < 4.78 is 56.0. The first kappa shape index (κ1) is 21.8. The third-order valence-electron chi connectivity index (χ3n) is 5.44. The first-order chi connectivity index (χ1) is 14.7. The Hall–Kier alpha value is -2.43. The lowest BCUT2D eigenvalue weighted by Gasteiger charge is -2.12. The van der Waals surface area contributed by atoms with Crippen LogP contribution in [0.15, 0.2) is 47.4 Å². The molecule has 1 amide bonds. The summed E-state index contributed by atoms with van der Waals surface area (Å²) in [5.74, 6) is 0.0890. The van der Waals surface area contributed by atoms with Crippen molar-refractivity contribution in [2.24, 2.45) is 0 Å². The van der Waals surface area contributed by atoms with Crippen LogP contribution in [-0.4, -0.2) is 46.9 Å². The SMILES string of the molecule is O=C(COc1ccc2c(c1)CCC2)Nc1ccc(S(=O)(=O)N[C@@H]2CCS(=O)(=O)C2)cc1. The number of amides is 1. The van der Waals surface area contributed by atoms with Crippen molar-refractivity contribution in [3.05, 3.63) is 53.6 Å². The molecule has 166 valence electrons. The molecule has 0 unspecified atom stereocenters. The Morgan fingerprint density at radius 3 is 2.52 bits per heavy atom. The molecule has 2 N–H and O–H groups in total. The number of sulfonamides is 1. The van der Waals surface area contributed by atoms with E-state index in [1.165, 1.54) is 35.4 Å². The van der Waals surface area contributed by atoms with Crippen molar-refractivity contribution in [1.29, 1.82) is 0 Å². The average molecular weight is 465 g/mol. The Bertz CT molecular complexity index is 1190. The van der Waals surface area contributed by atoms with E-state index in [1.54, 1.807) is 0 Å². The molecule has 1 saturated heterocycles. The van der Waals surface area contributed by atoms with Gasteiger partial charge in [0.2, 0.25) is 10.0 Å². The monoisotopic (exact) mass is 464 g/mol. The molecule has 0 aromatic heterocycles. The van der Waals surface area contributed by atoms with E-state index in [0.29, 0.717) is 11.4 Å². The van der Waals surface area contributed by atoms with E-state index in [1.807, 2.05) is 18.2 Å². The highest BCUT2D eigenvalue weighted by Crippen LogP contribution is 2.26. The summed E-state index contributed by atoms with van der Waals surface area (Å²) in [5.41, 5.74) is 3.03. The van der Waals surface area contributed by atoms with Crippen LogP contribution in [0.1, 0.15) is 24.0 Å². The normalized spacial score (nSPS) is 19.7. The summed E-state index contributed by atoms with van der Waals surface area (Å²) in [6.07, 6.45) is 3.51. The molecule has 2 aromatic rings.